The molecule has 5 aromatic rings. The summed E-state index contributed by atoms with van der Waals surface area (Å²) in [6, 6.07) is 18.0. The molecule has 0 spiro atoms. The van der Waals surface area contributed by atoms with Gasteiger partial charge in [-0.1, -0.05) is 48.0 Å². The molecule has 14 heteroatoms. The van der Waals surface area contributed by atoms with Gasteiger partial charge in [-0.05, 0) is 63.9 Å². The number of hydrogen-bond acceptors (Lipinski definition) is 11. The van der Waals surface area contributed by atoms with Crippen molar-refractivity contribution < 1.29 is 34.0 Å². The van der Waals surface area contributed by atoms with Crippen LogP contribution in [0.25, 0.3) is 39.1 Å². The second kappa shape index (κ2) is 17.1. The molecule has 2 N–H and O–H groups in total. The number of likely N-dealkylation sites (N-methyl/N-ethyl adjacent to an activating group) is 1. The van der Waals surface area contributed by atoms with Gasteiger partial charge in [0.2, 0.25) is 11.8 Å². The first-order valence-electron chi connectivity index (χ1n) is 18.9. The highest BCUT2D eigenvalue weighted by molar-refractivity contribution is 6.36. The average molecular weight is 785 g/mol. The molecule has 2 aliphatic rings. The fourth-order valence-electron chi connectivity index (χ4n) is 8.19. The average Bonchev–Trinajstić information content (AvgIpc) is 3.66. The summed E-state index contributed by atoms with van der Waals surface area (Å²) in [7, 11) is 8.86. The zero-order valence-corrected chi connectivity index (χ0v) is 33.2. The van der Waals surface area contributed by atoms with E-state index in [4.69, 9.17) is 45.6 Å². The van der Waals surface area contributed by atoms with Crippen molar-refractivity contribution in [2.45, 2.75) is 63.4 Å². The van der Waals surface area contributed by atoms with Crippen LogP contribution in [0, 0.1) is 5.92 Å². The van der Waals surface area contributed by atoms with Gasteiger partial charge in [-0.3, -0.25) is 14.6 Å². The van der Waals surface area contributed by atoms with Gasteiger partial charge in [0, 0.05) is 59.9 Å². The molecule has 2 fully saturated rings. The lowest BCUT2D eigenvalue weighted by Crippen LogP contribution is -2.47. The lowest BCUT2D eigenvalue weighted by atomic mass is 9.85. The van der Waals surface area contributed by atoms with E-state index in [9.17, 15) is 15.0 Å². The fraction of sp³-hybridized carbons (Fsp3) is 0.429. The number of methoxy groups -OCH3 is 3. The van der Waals surface area contributed by atoms with Crippen LogP contribution in [0.15, 0.2) is 60.8 Å². The van der Waals surface area contributed by atoms with E-state index in [1.807, 2.05) is 67.8 Å². The summed E-state index contributed by atoms with van der Waals surface area (Å²) in [4.78, 5) is 25.6. The summed E-state index contributed by atoms with van der Waals surface area (Å²) in [5, 5.41) is 26.2. The summed E-state index contributed by atoms with van der Waals surface area (Å²) in [6.45, 7) is 1.99. The number of pyridine rings is 2. The van der Waals surface area contributed by atoms with Crippen LogP contribution in [0.2, 0.25) is 5.02 Å². The molecule has 0 radical (unpaired) electrons. The number of aliphatic hydroxyl groups is 1. The van der Waals surface area contributed by atoms with Gasteiger partial charge in [-0.25, -0.2) is 9.67 Å². The first-order chi connectivity index (χ1) is 27.1. The molecule has 4 heterocycles. The predicted octanol–water partition coefficient (Wildman–Crippen LogP) is 6.49. The number of aliphatic hydroxyl groups excluding tert-OH is 1. The van der Waals surface area contributed by atoms with Gasteiger partial charge in [0.05, 0.1) is 68.0 Å². The third kappa shape index (κ3) is 7.91. The monoisotopic (exact) mass is 784 g/mol. The number of carbonyl (C=O) groups is 1. The number of benzene rings is 2. The van der Waals surface area contributed by atoms with E-state index in [1.165, 1.54) is 0 Å². The number of rotatable bonds is 13. The number of halogens is 1. The van der Waals surface area contributed by atoms with Crippen molar-refractivity contribution in [2.24, 2.45) is 5.92 Å². The molecule has 1 aliphatic heterocycles. The Bertz CT molecular complexity index is 2160. The Kier molecular flexibility index (Phi) is 12.1. The second-order valence-corrected chi connectivity index (χ2v) is 15.0. The minimum Gasteiger partial charge on any atom is -0.496 e. The highest BCUT2D eigenvalue weighted by Crippen LogP contribution is 2.40. The van der Waals surface area contributed by atoms with Gasteiger partial charge in [-0.15, -0.1) is 0 Å². The van der Waals surface area contributed by atoms with Crippen LogP contribution in [-0.4, -0.2) is 113 Å². The Morgan fingerprint density at radius 1 is 0.893 bits per heavy atom. The Balaban J connectivity index is 1.16. The van der Waals surface area contributed by atoms with Crippen molar-refractivity contribution in [1.29, 1.82) is 0 Å². The van der Waals surface area contributed by atoms with Gasteiger partial charge in [0.15, 0.2) is 5.82 Å². The maximum atomic E-state index is 11.4. The Labute approximate surface area is 331 Å². The van der Waals surface area contributed by atoms with Crippen molar-refractivity contribution in [3.63, 3.8) is 0 Å². The lowest BCUT2D eigenvalue weighted by Gasteiger charge is -2.35. The molecule has 1 aliphatic carbocycles. The van der Waals surface area contributed by atoms with Crippen LogP contribution in [0.1, 0.15) is 43.2 Å². The second-order valence-electron chi connectivity index (χ2n) is 14.7. The maximum Gasteiger partial charge on any atom is 0.306 e. The first kappa shape index (κ1) is 39.4. The molecular weight excluding hydrogens is 736 g/mol. The summed E-state index contributed by atoms with van der Waals surface area (Å²) in [6.07, 6.45) is 5.03. The molecule has 3 aromatic heterocycles. The van der Waals surface area contributed by atoms with Crippen molar-refractivity contribution in [2.75, 3.05) is 48.6 Å². The molecule has 56 heavy (non-hydrogen) atoms. The van der Waals surface area contributed by atoms with Crippen LogP contribution in [0.5, 0.6) is 17.5 Å². The maximum absolute atomic E-state index is 11.4. The predicted molar refractivity (Wildman–Crippen MR) is 214 cm³/mol. The summed E-state index contributed by atoms with van der Waals surface area (Å²) in [5.41, 5.74) is 5.72. The van der Waals surface area contributed by atoms with E-state index in [1.54, 1.807) is 26.0 Å². The van der Waals surface area contributed by atoms with Crippen LogP contribution in [-0.2, 0) is 22.6 Å². The van der Waals surface area contributed by atoms with Crippen molar-refractivity contribution in [3.05, 3.63) is 76.9 Å². The number of hydrogen-bond donors (Lipinski definition) is 2. The highest BCUT2D eigenvalue weighted by Gasteiger charge is 2.30. The highest BCUT2D eigenvalue weighted by atomic mass is 35.5. The molecule has 13 nitrogen and oxygen atoms in total. The summed E-state index contributed by atoms with van der Waals surface area (Å²) >= 11 is 7.23. The Hall–Kier alpha value is -4.79. The molecule has 2 atom stereocenters. The molecule has 1 saturated carbocycles. The van der Waals surface area contributed by atoms with Crippen molar-refractivity contribution in [3.8, 4) is 45.7 Å². The number of aromatic nitrogens is 4. The number of carboxylic acid groups (broad SMARTS) is 1. The van der Waals surface area contributed by atoms with E-state index in [2.05, 4.69) is 16.8 Å². The normalized spacial score (nSPS) is 20.1. The van der Waals surface area contributed by atoms with Gasteiger partial charge in [0.1, 0.15) is 5.75 Å². The smallest absolute Gasteiger partial charge is 0.306 e. The zero-order valence-electron chi connectivity index (χ0n) is 32.4. The number of nitrogens with zero attached hydrogens (tertiary/aromatic N) is 6. The van der Waals surface area contributed by atoms with Crippen LogP contribution in [0.4, 0.5) is 0 Å². The minimum atomic E-state index is -0.698. The van der Waals surface area contributed by atoms with Gasteiger partial charge >= 0.3 is 5.97 Å². The SMILES string of the molecule is COc1cc(-n2ncc3c(-c4cccc(-c5ccc(CN(C)C6CCC(C(=O)O)CC6)c(OC)n5)c4Cl)cccc32)nc(OC)c1CN(C)[C@@H]1CCOC[C@@H]1O. The summed E-state index contributed by atoms with van der Waals surface area (Å²) in [5.74, 6) is 1.11. The van der Waals surface area contributed by atoms with Gasteiger partial charge < -0.3 is 29.2 Å². The Morgan fingerprint density at radius 3 is 2.34 bits per heavy atom. The summed E-state index contributed by atoms with van der Waals surface area (Å²) < 4.78 is 24.6. The first-order valence-corrected chi connectivity index (χ1v) is 19.3. The van der Waals surface area contributed by atoms with Gasteiger partial charge in [-0.2, -0.15) is 10.1 Å². The van der Waals surface area contributed by atoms with Crippen molar-refractivity contribution in [1.82, 2.24) is 29.5 Å². The molecule has 296 valence electrons. The molecular formula is C42H49ClN6O7. The molecule has 0 unspecified atom stereocenters. The molecule has 7 rings (SSSR count). The van der Waals surface area contributed by atoms with E-state index < -0.39 is 12.1 Å². The molecule has 2 aromatic carbocycles. The van der Waals surface area contributed by atoms with Crippen LogP contribution in [0.3, 0.4) is 0 Å². The number of fused-ring (bicyclic) bond motifs is 1. The van der Waals surface area contributed by atoms with Crippen molar-refractivity contribution >= 4 is 28.5 Å². The number of aliphatic carboxylic acids is 1. The lowest BCUT2D eigenvalue weighted by molar-refractivity contribution is -0.143. The van der Waals surface area contributed by atoms with Gasteiger partial charge in [0.25, 0.3) is 0 Å². The molecule has 0 bridgehead atoms. The topological polar surface area (TPSA) is 145 Å². The number of carboxylic acids is 1. The third-order valence-electron chi connectivity index (χ3n) is 11.3. The quantitative estimate of drug-likeness (QED) is 0.135. The van der Waals surface area contributed by atoms with E-state index in [0.717, 1.165) is 58.0 Å². The minimum absolute atomic E-state index is 0.0648. The number of ether oxygens (including phenoxy) is 4. The Morgan fingerprint density at radius 2 is 1.62 bits per heavy atom. The molecule has 0 amide bonds. The largest absolute Gasteiger partial charge is 0.496 e. The van der Waals surface area contributed by atoms with Crippen LogP contribution < -0.4 is 14.2 Å². The van der Waals surface area contributed by atoms with E-state index in [0.29, 0.717) is 79.2 Å². The van der Waals surface area contributed by atoms with Crippen LogP contribution >= 0.6 is 11.6 Å². The fourth-order valence-corrected chi connectivity index (χ4v) is 8.52. The standard InChI is InChI=1S/C42H49ClN6O7/c1-47(27-15-12-25(13-16-27)42(51)52)22-26-14-17-33(45-40(26)54-4)30-10-6-9-29(39(30)43)28-8-7-11-34-31(28)21-44-49(34)38-20-37(53-3)32(41(46-38)55-5)23-48(2)35-18-19-56-24-36(35)50/h6-11,14,17,20-21,25,27,35-36,50H,12-13,15-16,18-19,22-24H2,1-5H3,(H,51,52)/t25?,27?,35-,36+/m1/s1. The third-order valence-corrected chi connectivity index (χ3v) is 11.7. The molecule has 1 saturated heterocycles. The van der Waals surface area contributed by atoms with E-state index >= 15 is 0 Å². The van der Waals surface area contributed by atoms with E-state index in [-0.39, 0.29) is 12.0 Å². The zero-order chi connectivity index (χ0) is 39.5.